The summed E-state index contributed by atoms with van der Waals surface area (Å²) in [5.74, 6) is 0.598. The van der Waals surface area contributed by atoms with Crippen molar-refractivity contribution in [2.45, 2.75) is 33.7 Å². The molecule has 8 nitrogen and oxygen atoms in total. The number of anilines is 3. The third-order valence-electron chi connectivity index (χ3n) is 7.35. The fourth-order valence-electron chi connectivity index (χ4n) is 5.03. The molecule has 4 heterocycles. The third kappa shape index (κ3) is 5.57. The first-order chi connectivity index (χ1) is 17.9. The number of hydrogen-bond donors (Lipinski definition) is 1. The number of amides is 2. The van der Waals surface area contributed by atoms with Crippen molar-refractivity contribution in [3.05, 3.63) is 52.5 Å². The zero-order chi connectivity index (χ0) is 25.9. The van der Waals surface area contributed by atoms with Gasteiger partial charge in [0.2, 0.25) is 5.95 Å². The van der Waals surface area contributed by atoms with Crippen LogP contribution in [0.3, 0.4) is 0 Å². The summed E-state index contributed by atoms with van der Waals surface area (Å²) in [4.78, 5) is 33.5. The number of likely N-dealkylation sites (N-methyl/N-ethyl adjacent to an activating group) is 1. The van der Waals surface area contributed by atoms with Crippen LogP contribution in [0.2, 0.25) is 0 Å². The van der Waals surface area contributed by atoms with Gasteiger partial charge in [0.15, 0.2) is 0 Å². The lowest BCUT2D eigenvalue weighted by Crippen LogP contribution is -2.44. The molecule has 3 aromatic rings. The Kier molecular flexibility index (Phi) is 7.62. The Morgan fingerprint density at radius 1 is 1.11 bits per heavy atom. The lowest BCUT2D eigenvalue weighted by Gasteiger charge is -2.34. The summed E-state index contributed by atoms with van der Waals surface area (Å²) in [5, 5.41) is 3.43. The number of benzene rings is 1. The molecule has 0 aliphatic carbocycles. The molecule has 0 unspecified atom stereocenters. The van der Waals surface area contributed by atoms with E-state index in [4.69, 9.17) is 4.98 Å². The van der Waals surface area contributed by atoms with Crippen LogP contribution in [0.25, 0.3) is 10.6 Å². The van der Waals surface area contributed by atoms with Crippen molar-refractivity contribution < 1.29 is 4.79 Å². The minimum Gasteiger partial charge on any atom is -0.369 e. The summed E-state index contributed by atoms with van der Waals surface area (Å²) >= 11 is 1.79. The van der Waals surface area contributed by atoms with E-state index in [1.54, 1.807) is 11.3 Å². The van der Waals surface area contributed by atoms with Gasteiger partial charge in [-0.15, -0.1) is 11.3 Å². The van der Waals surface area contributed by atoms with Crippen LogP contribution in [-0.4, -0.2) is 83.6 Å². The number of aryl methyl sites for hydroxylation is 1. The number of thiophene rings is 1. The second-order valence-corrected chi connectivity index (χ2v) is 11.0. The Bertz CT molecular complexity index is 1250. The molecule has 9 heteroatoms. The first kappa shape index (κ1) is 25.5. The molecule has 1 aromatic carbocycles. The Balaban J connectivity index is 1.33. The van der Waals surface area contributed by atoms with Crippen molar-refractivity contribution in [1.29, 1.82) is 0 Å². The molecule has 0 saturated carbocycles. The molecule has 1 N–H and O–H groups in total. The van der Waals surface area contributed by atoms with Gasteiger partial charge in [-0.25, -0.2) is 14.8 Å². The van der Waals surface area contributed by atoms with Crippen LogP contribution in [0, 0.1) is 6.92 Å². The van der Waals surface area contributed by atoms with Gasteiger partial charge in [0.05, 0.1) is 10.6 Å². The molecule has 0 radical (unpaired) electrons. The van der Waals surface area contributed by atoms with Gasteiger partial charge in [-0.3, -0.25) is 0 Å². The van der Waals surface area contributed by atoms with Gasteiger partial charge in [0.1, 0.15) is 0 Å². The van der Waals surface area contributed by atoms with Crippen LogP contribution in [-0.2, 0) is 13.0 Å². The number of carbonyl (C=O) groups excluding carboxylic acids is 1. The molecule has 0 bridgehead atoms. The lowest BCUT2D eigenvalue weighted by molar-refractivity contribution is 0.152. The minimum absolute atomic E-state index is 0.131. The number of nitrogens with zero attached hydrogens (tertiary/aromatic N) is 6. The van der Waals surface area contributed by atoms with Crippen LogP contribution in [0.4, 0.5) is 22.1 Å². The highest BCUT2D eigenvalue weighted by Gasteiger charge is 2.26. The van der Waals surface area contributed by atoms with E-state index < -0.39 is 0 Å². The molecule has 2 aliphatic heterocycles. The highest BCUT2D eigenvalue weighted by molar-refractivity contribution is 7.15. The Morgan fingerprint density at radius 2 is 1.89 bits per heavy atom. The first-order valence-electron chi connectivity index (χ1n) is 13.2. The minimum atomic E-state index is 0.131. The van der Waals surface area contributed by atoms with Crippen LogP contribution >= 0.6 is 11.3 Å². The number of urea groups is 1. The molecular formula is C28H37N7OS. The number of piperazine rings is 1. The SMILES string of the molecule is CCN(CC)C(=O)N1CCc2sc(-c3nc(Nc4cccc(N5CCN(C)CC5)c4)ncc3C)cc2C1. The van der Waals surface area contributed by atoms with Gasteiger partial charge in [0, 0.05) is 74.8 Å². The van der Waals surface area contributed by atoms with Crippen molar-refractivity contribution in [2.24, 2.45) is 0 Å². The van der Waals surface area contributed by atoms with E-state index >= 15 is 0 Å². The molecule has 1 fully saturated rings. The normalized spacial score (nSPS) is 16.0. The highest BCUT2D eigenvalue weighted by atomic mass is 32.1. The molecule has 2 aliphatic rings. The van der Waals surface area contributed by atoms with Crippen molar-refractivity contribution in [1.82, 2.24) is 24.7 Å². The molecule has 0 atom stereocenters. The summed E-state index contributed by atoms with van der Waals surface area (Å²) in [6.07, 6.45) is 2.78. The number of fused-ring (bicyclic) bond motifs is 1. The lowest BCUT2D eigenvalue weighted by atomic mass is 10.1. The maximum Gasteiger partial charge on any atom is 0.320 e. The summed E-state index contributed by atoms with van der Waals surface area (Å²) < 4.78 is 0. The van der Waals surface area contributed by atoms with E-state index in [1.807, 2.05) is 29.8 Å². The topological polar surface area (TPSA) is 67.8 Å². The largest absolute Gasteiger partial charge is 0.369 e. The molecule has 2 aromatic heterocycles. The van der Waals surface area contributed by atoms with Crippen molar-refractivity contribution in [3.63, 3.8) is 0 Å². The molecular weight excluding hydrogens is 482 g/mol. The summed E-state index contributed by atoms with van der Waals surface area (Å²) in [6, 6.07) is 10.8. The van der Waals surface area contributed by atoms with Crippen molar-refractivity contribution in [2.75, 3.05) is 63.1 Å². The van der Waals surface area contributed by atoms with E-state index in [2.05, 4.69) is 64.4 Å². The zero-order valence-electron chi connectivity index (χ0n) is 22.3. The highest BCUT2D eigenvalue weighted by Crippen LogP contribution is 2.36. The average Bonchev–Trinajstić information content (AvgIpc) is 3.34. The Labute approximate surface area is 223 Å². The zero-order valence-corrected chi connectivity index (χ0v) is 23.1. The van der Waals surface area contributed by atoms with Crippen LogP contribution in [0.1, 0.15) is 29.9 Å². The number of carbonyl (C=O) groups is 1. The van der Waals surface area contributed by atoms with Gasteiger partial charge in [-0.2, -0.15) is 0 Å². The number of hydrogen-bond acceptors (Lipinski definition) is 7. The van der Waals surface area contributed by atoms with E-state index in [0.717, 1.165) is 74.1 Å². The van der Waals surface area contributed by atoms with E-state index in [-0.39, 0.29) is 6.03 Å². The standard InChI is InChI=1S/C28H37N7OS/c1-5-33(6-2)28(36)35-11-10-24-21(19-35)16-25(37-24)26-20(3)18-29-27(31-26)30-22-8-7-9-23(17-22)34-14-12-32(4)13-15-34/h7-9,16-18H,5-6,10-15,19H2,1-4H3,(H,29,30,31). The Hall–Kier alpha value is -3.17. The maximum absolute atomic E-state index is 12.9. The van der Waals surface area contributed by atoms with Gasteiger partial charge in [-0.1, -0.05) is 6.07 Å². The van der Waals surface area contributed by atoms with Crippen LogP contribution in [0.5, 0.6) is 0 Å². The first-order valence-corrected chi connectivity index (χ1v) is 14.1. The molecule has 196 valence electrons. The smallest absolute Gasteiger partial charge is 0.320 e. The number of nitrogens with one attached hydrogen (secondary N) is 1. The second-order valence-electron chi connectivity index (χ2n) is 9.88. The maximum atomic E-state index is 12.9. The van der Waals surface area contributed by atoms with E-state index in [9.17, 15) is 4.79 Å². The van der Waals surface area contributed by atoms with Crippen LogP contribution in [0.15, 0.2) is 36.5 Å². The molecule has 0 spiro atoms. The van der Waals surface area contributed by atoms with Crippen molar-refractivity contribution >= 4 is 34.7 Å². The summed E-state index contributed by atoms with van der Waals surface area (Å²) in [5.41, 5.74) is 5.45. The number of aromatic nitrogens is 2. The summed E-state index contributed by atoms with van der Waals surface area (Å²) in [6.45, 7) is 13.3. The quantitative estimate of drug-likeness (QED) is 0.503. The van der Waals surface area contributed by atoms with E-state index in [0.29, 0.717) is 12.5 Å². The summed E-state index contributed by atoms with van der Waals surface area (Å²) in [7, 11) is 2.17. The molecule has 2 amide bonds. The fourth-order valence-corrected chi connectivity index (χ4v) is 6.25. The average molecular weight is 520 g/mol. The van der Waals surface area contributed by atoms with Crippen LogP contribution < -0.4 is 10.2 Å². The molecule has 37 heavy (non-hydrogen) atoms. The van der Waals surface area contributed by atoms with E-state index in [1.165, 1.54) is 16.1 Å². The Morgan fingerprint density at radius 3 is 2.65 bits per heavy atom. The van der Waals surface area contributed by atoms with Gasteiger partial charge in [-0.05, 0) is 69.6 Å². The molecule has 1 saturated heterocycles. The van der Waals surface area contributed by atoms with Crippen molar-refractivity contribution in [3.8, 4) is 10.6 Å². The monoisotopic (exact) mass is 519 g/mol. The second kappa shape index (κ2) is 11.1. The number of rotatable bonds is 6. The van der Waals surface area contributed by atoms with Gasteiger partial charge >= 0.3 is 6.03 Å². The fraction of sp³-hybridized carbons (Fsp3) is 0.464. The third-order valence-corrected chi connectivity index (χ3v) is 8.59. The predicted molar refractivity (Wildman–Crippen MR) is 152 cm³/mol. The molecule has 5 rings (SSSR count). The predicted octanol–water partition coefficient (Wildman–Crippen LogP) is 4.83. The van der Waals surface area contributed by atoms with Gasteiger partial charge in [0.25, 0.3) is 0 Å². The van der Waals surface area contributed by atoms with Gasteiger partial charge < -0.3 is 24.9 Å².